The molecule has 1 aromatic rings. The smallest absolute Gasteiger partial charge is 0.328 e. The summed E-state index contributed by atoms with van der Waals surface area (Å²) >= 11 is 0. The van der Waals surface area contributed by atoms with Gasteiger partial charge >= 0.3 is 5.97 Å². The molecule has 0 saturated carbocycles. The second-order valence-electron chi connectivity index (χ2n) is 4.93. The lowest BCUT2D eigenvalue weighted by Crippen LogP contribution is -2.41. The van der Waals surface area contributed by atoms with Crippen LogP contribution in [0.25, 0.3) is 0 Å². The fraction of sp³-hybridized carbons (Fsp3) is 0.588. The quantitative estimate of drug-likeness (QED) is 0.565. The third kappa shape index (κ3) is 5.01. The van der Waals surface area contributed by atoms with E-state index in [2.05, 4.69) is 32.6 Å². The SMILES string of the molecule is CCc1cccc(CC)c1OC(=O)[C@H](C)N(CC)CC.Cl. The minimum absolute atomic E-state index is 0. The van der Waals surface area contributed by atoms with E-state index in [4.69, 9.17) is 4.74 Å². The first-order valence-electron chi connectivity index (χ1n) is 7.65. The number of hydrogen-bond acceptors (Lipinski definition) is 3. The van der Waals surface area contributed by atoms with E-state index in [0.29, 0.717) is 0 Å². The number of rotatable bonds is 7. The predicted octanol–water partition coefficient (Wildman–Crippen LogP) is 3.87. The maximum absolute atomic E-state index is 12.3. The number of likely N-dealkylation sites (N-methyl/N-ethyl adjacent to an activating group) is 1. The van der Waals surface area contributed by atoms with Gasteiger partial charge in [-0.05, 0) is 44.0 Å². The van der Waals surface area contributed by atoms with Crippen molar-refractivity contribution in [1.29, 1.82) is 0 Å². The zero-order chi connectivity index (χ0) is 15.1. The van der Waals surface area contributed by atoms with E-state index < -0.39 is 0 Å². The van der Waals surface area contributed by atoms with Crippen LogP contribution in [-0.2, 0) is 17.6 Å². The number of nitrogens with zero attached hydrogens (tertiary/aromatic N) is 1. The van der Waals surface area contributed by atoms with E-state index in [1.807, 2.05) is 25.1 Å². The molecule has 0 aromatic heterocycles. The van der Waals surface area contributed by atoms with Gasteiger partial charge in [0.25, 0.3) is 0 Å². The largest absolute Gasteiger partial charge is 0.425 e. The van der Waals surface area contributed by atoms with E-state index in [-0.39, 0.29) is 24.4 Å². The Bertz CT molecular complexity index is 422. The van der Waals surface area contributed by atoms with Crippen molar-refractivity contribution in [1.82, 2.24) is 4.90 Å². The van der Waals surface area contributed by atoms with Crippen LogP contribution in [0.1, 0.15) is 45.7 Å². The van der Waals surface area contributed by atoms with E-state index in [1.54, 1.807) is 0 Å². The van der Waals surface area contributed by atoms with Crippen molar-refractivity contribution < 1.29 is 9.53 Å². The summed E-state index contributed by atoms with van der Waals surface area (Å²) in [7, 11) is 0. The molecule has 0 unspecified atom stereocenters. The molecule has 0 heterocycles. The molecule has 1 atom stereocenters. The Morgan fingerprint density at radius 1 is 1.10 bits per heavy atom. The van der Waals surface area contributed by atoms with Crippen LogP contribution in [0.2, 0.25) is 0 Å². The van der Waals surface area contributed by atoms with Crippen LogP contribution in [0, 0.1) is 0 Å². The van der Waals surface area contributed by atoms with Crippen molar-refractivity contribution >= 4 is 18.4 Å². The minimum Gasteiger partial charge on any atom is -0.425 e. The Kier molecular flexibility index (Phi) is 9.31. The molecule has 0 amide bonds. The molecular weight excluding hydrogens is 286 g/mol. The second kappa shape index (κ2) is 9.80. The van der Waals surface area contributed by atoms with Crippen molar-refractivity contribution in [3.63, 3.8) is 0 Å². The number of para-hydroxylation sites is 1. The normalized spacial score (nSPS) is 11.9. The number of aryl methyl sites for hydroxylation is 2. The highest BCUT2D eigenvalue weighted by atomic mass is 35.5. The van der Waals surface area contributed by atoms with Crippen molar-refractivity contribution in [2.24, 2.45) is 0 Å². The highest BCUT2D eigenvalue weighted by Crippen LogP contribution is 2.26. The standard InChI is InChI=1S/C17H27NO2.ClH/c1-6-14-11-10-12-15(7-2)16(14)20-17(19)13(5)18(8-3)9-4;/h10-13H,6-9H2,1-5H3;1H/t13-;/m0./s1. The monoisotopic (exact) mass is 313 g/mol. The van der Waals surface area contributed by atoms with Gasteiger partial charge in [0.15, 0.2) is 0 Å². The Morgan fingerprint density at radius 2 is 1.57 bits per heavy atom. The molecule has 0 N–H and O–H groups in total. The van der Waals surface area contributed by atoms with Gasteiger partial charge in [-0.2, -0.15) is 0 Å². The third-order valence-electron chi connectivity index (χ3n) is 3.84. The zero-order valence-electron chi connectivity index (χ0n) is 13.8. The van der Waals surface area contributed by atoms with Crippen LogP contribution in [0.3, 0.4) is 0 Å². The first-order chi connectivity index (χ1) is 9.58. The second-order valence-corrected chi connectivity index (χ2v) is 4.93. The molecule has 0 aliphatic heterocycles. The number of benzene rings is 1. The summed E-state index contributed by atoms with van der Waals surface area (Å²) in [6.07, 6.45) is 1.74. The van der Waals surface area contributed by atoms with Gasteiger partial charge in [0, 0.05) is 0 Å². The molecule has 0 fully saturated rings. The summed E-state index contributed by atoms with van der Waals surface area (Å²) in [6, 6.07) is 5.89. The Morgan fingerprint density at radius 3 is 1.95 bits per heavy atom. The van der Waals surface area contributed by atoms with Crippen molar-refractivity contribution in [2.45, 2.75) is 53.5 Å². The maximum atomic E-state index is 12.3. The Labute approximate surface area is 135 Å². The van der Waals surface area contributed by atoms with Crippen LogP contribution in [-0.4, -0.2) is 30.0 Å². The van der Waals surface area contributed by atoms with Crippen LogP contribution in [0.5, 0.6) is 5.75 Å². The van der Waals surface area contributed by atoms with Gasteiger partial charge in [0.05, 0.1) is 0 Å². The summed E-state index contributed by atoms with van der Waals surface area (Å²) in [6.45, 7) is 11.9. The summed E-state index contributed by atoms with van der Waals surface area (Å²) in [5, 5.41) is 0. The summed E-state index contributed by atoms with van der Waals surface area (Å²) in [5.41, 5.74) is 2.20. The molecular formula is C17H28ClNO2. The summed E-state index contributed by atoms with van der Waals surface area (Å²) in [4.78, 5) is 14.4. The zero-order valence-corrected chi connectivity index (χ0v) is 14.6. The first kappa shape index (κ1) is 19.9. The van der Waals surface area contributed by atoms with Gasteiger partial charge in [-0.1, -0.05) is 45.9 Å². The number of esters is 1. The van der Waals surface area contributed by atoms with Crippen LogP contribution < -0.4 is 4.74 Å². The molecule has 0 saturated heterocycles. The van der Waals surface area contributed by atoms with Gasteiger partial charge < -0.3 is 4.74 Å². The minimum atomic E-state index is -0.209. The lowest BCUT2D eigenvalue weighted by atomic mass is 10.0. The lowest BCUT2D eigenvalue weighted by Gasteiger charge is -2.25. The number of ether oxygens (including phenoxy) is 1. The summed E-state index contributed by atoms with van der Waals surface area (Å²) in [5.74, 6) is 0.603. The molecule has 3 nitrogen and oxygen atoms in total. The van der Waals surface area contributed by atoms with Gasteiger partial charge in [-0.15, -0.1) is 12.4 Å². The van der Waals surface area contributed by atoms with Crippen LogP contribution in [0.15, 0.2) is 18.2 Å². The third-order valence-corrected chi connectivity index (χ3v) is 3.84. The van der Waals surface area contributed by atoms with E-state index in [0.717, 1.165) is 42.8 Å². The molecule has 4 heteroatoms. The average Bonchev–Trinajstić information content (AvgIpc) is 2.48. The van der Waals surface area contributed by atoms with Crippen molar-refractivity contribution in [3.05, 3.63) is 29.3 Å². The lowest BCUT2D eigenvalue weighted by molar-refractivity contribution is -0.139. The number of halogens is 1. The molecule has 0 radical (unpaired) electrons. The molecule has 0 aliphatic carbocycles. The van der Waals surface area contributed by atoms with Gasteiger partial charge in [0.1, 0.15) is 11.8 Å². The molecule has 1 rings (SSSR count). The maximum Gasteiger partial charge on any atom is 0.328 e. The molecule has 0 aliphatic rings. The van der Waals surface area contributed by atoms with E-state index >= 15 is 0 Å². The molecule has 0 spiro atoms. The van der Waals surface area contributed by atoms with Crippen molar-refractivity contribution in [2.75, 3.05) is 13.1 Å². The Balaban J connectivity index is 0.00000400. The molecule has 0 bridgehead atoms. The van der Waals surface area contributed by atoms with Gasteiger partial charge in [-0.3, -0.25) is 4.90 Å². The number of carbonyl (C=O) groups excluding carboxylic acids is 1. The average molecular weight is 314 g/mol. The highest BCUT2D eigenvalue weighted by Gasteiger charge is 2.22. The predicted molar refractivity (Wildman–Crippen MR) is 90.5 cm³/mol. The fourth-order valence-electron chi connectivity index (χ4n) is 2.43. The first-order valence-corrected chi connectivity index (χ1v) is 7.65. The molecule has 120 valence electrons. The van der Waals surface area contributed by atoms with E-state index in [9.17, 15) is 4.79 Å². The van der Waals surface area contributed by atoms with Crippen LogP contribution in [0.4, 0.5) is 0 Å². The van der Waals surface area contributed by atoms with Crippen LogP contribution >= 0.6 is 12.4 Å². The highest BCUT2D eigenvalue weighted by molar-refractivity contribution is 5.85. The van der Waals surface area contributed by atoms with E-state index in [1.165, 1.54) is 0 Å². The Hall–Kier alpha value is -1.06. The topological polar surface area (TPSA) is 29.5 Å². The van der Waals surface area contributed by atoms with Gasteiger partial charge in [-0.25, -0.2) is 4.79 Å². The number of hydrogen-bond donors (Lipinski definition) is 0. The fourth-order valence-corrected chi connectivity index (χ4v) is 2.43. The summed E-state index contributed by atoms with van der Waals surface area (Å²) < 4.78 is 5.72. The van der Waals surface area contributed by atoms with Crippen molar-refractivity contribution in [3.8, 4) is 5.75 Å². The van der Waals surface area contributed by atoms with Gasteiger partial charge in [0.2, 0.25) is 0 Å². The molecule has 1 aromatic carbocycles. The molecule has 21 heavy (non-hydrogen) atoms. The number of carbonyl (C=O) groups is 1.